The van der Waals surface area contributed by atoms with Gasteiger partial charge in [0.1, 0.15) is 0 Å². The van der Waals surface area contributed by atoms with Crippen molar-refractivity contribution in [1.29, 1.82) is 0 Å². The van der Waals surface area contributed by atoms with Crippen molar-refractivity contribution in [3.63, 3.8) is 0 Å². The zero-order valence-corrected chi connectivity index (χ0v) is 11.6. The number of hydrogen-bond donors (Lipinski definition) is 0. The fraction of sp³-hybridized carbons (Fsp3) is 0.250. The van der Waals surface area contributed by atoms with E-state index in [-0.39, 0.29) is 62.1 Å². The van der Waals surface area contributed by atoms with E-state index in [1.165, 1.54) is 0 Å². The summed E-state index contributed by atoms with van der Waals surface area (Å²) in [7, 11) is 0. The summed E-state index contributed by atoms with van der Waals surface area (Å²) in [6.07, 6.45) is 6.62. The molecule has 0 fully saturated rings. The van der Waals surface area contributed by atoms with Crippen LogP contribution in [0.5, 0.6) is 0 Å². The maximum absolute atomic E-state index is 6.14. The average molecular weight is 240 g/mol. The first-order chi connectivity index (χ1) is 1.91. The van der Waals surface area contributed by atoms with Crippen molar-refractivity contribution < 1.29 is 52.2 Å². The molecule has 0 bridgehead atoms. The second-order valence-electron chi connectivity index (χ2n) is 0.427. The molecule has 0 spiro atoms. The van der Waals surface area contributed by atoms with Crippen LogP contribution in [-0.2, 0) is 52.2 Å². The Morgan fingerprint density at radius 1 is 1.57 bits per heavy atom. The molecule has 1 radical (unpaired) electrons. The Morgan fingerprint density at radius 3 is 1.71 bits per heavy atom. The van der Waals surface area contributed by atoms with Crippen molar-refractivity contribution in [2.45, 2.75) is 6.42 Å². The number of rotatable bonds is 0. The van der Waals surface area contributed by atoms with E-state index in [1.807, 2.05) is 0 Å². The smallest absolute Gasteiger partial charge is 0 e. The van der Waals surface area contributed by atoms with E-state index in [0.717, 1.165) is 0 Å². The van der Waals surface area contributed by atoms with Gasteiger partial charge in [0, 0.05) is 52.2 Å². The van der Waals surface area contributed by atoms with Crippen LogP contribution in [0.2, 0.25) is 0 Å². The Hall–Kier alpha value is 1.72. The Kier molecular flexibility index (Phi) is 84.0. The van der Waals surface area contributed by atoms with E-state index in [1.54, 1.807) is 0 Å². The van der Waals surface area contributed by atoms with E-state index in [9.17, 15) is 0 Å². The van der Waals surface area contributed by atoms with Crippen molar-refractivity contribution >= 4 is 9.90 Å². The van der Waals surface area contributed by atoms with Crippen LogP contribution in [0, 0.1) is 19.3 Å². The van der Waals surface area contributed by atoms with E-state index in [0.29, 0.717) is 6.42 Å². The van der Waals surface area contributed by atoms with Gasteiger partial charge in [0.05, 0.1) is 0 Å². The van der Waals surface area contributed by atoms with E-state index < -0.39 is 0 Å². The fourth-order valence-electron chi connectivity index (χ4n) is 0. The molecule has 1 atom stereocenters. The van der Waals surface area contributed by atoms with Crippen LogP contribution in [0.3, 0.4) is 0 Å². The first kappa shape index (κ1) is 23.3. The molecule has 0 aromatic rings. The molecule has 0 aromatic heterocycles. The summed E-state index contributed by atoms with van der Waals surface area (Å²) < 4.78 is 0. The predicted octanol–water partition coefficient (Wildman–Crippen LogP) is 0.853. The van der Waals surface area contributed by atoms with Gasteiger partial charge in [-0.15, -0.1) is 0 Å². The van der Waals surface area contributed by atoms with Crippen molar-refractivity contribution in [2.24, 2.45) is 0 Å². The molecule has 35 valence electrons. The molecule has 0 aliphatic rings. The summed E-state index contributed by atoms with van der Waals surface area (Å²) in [5.74, 6) is 2.07. The molecule has 0 saturated heterocycles. The molecule has 0 amide bonds. The summed E-state index contributed by atoms with van der Waals surface area (Å²) in [4.78, 5) is 0. The van der Waals surface area contributed by atoms with Gasteiger partial charge in [0.25, 0.3) is 0 Å². The second-order valence-corrected chi connectivity index (χ2v) is 0.427. The van der Waals surface area contributed by atoms with E-state index >= 15 is 0 Å². The Labute approximate surface area is 86.9 Å². The van der Waals surface area contributed by atoms with Gasteiger partial charge < -0.3 is 19.3 Å². The van der Waals surface area contributed by atoms with Crippen LogP contribution in [0.25, 0.3) is 0 Å². The SMILES string of the molecule is P.[C-]#CC[CH2-].[Y].[Zn]. The molecule has 3 heteroatoms. The van der Waals surface area contributed by atoms with Crippen molar-refractivity contribution in [3.8, 4) is 5.92 Å². The average Bonchev–Trinajstić information content (AvgIpc) is 1.37. The van der Waals surface area contributed by atoms with Crippen LogP contribution < -0.4 is 0 Å². The molecule has 7 heavy (non-hydrogen) atoms. The monoisotopic (exact) mass is 239 g/mol. The van der Waals surface area contributed by atoms with Gasteiger partial charge in [-0.2, -0.15) is 16.3 Å². The molecule has 1 unspecified atom stereocenters. The third kappa shape index (κ3) is 34.2. The third-order valence-electron chi connectivity index (χ3n) is 0.125. The minimum Gasteiger partial charge on any atom is -0.696 e. The van der Waals surface area contributed by atoms with Gasteiger partial charge in [0.2, 0.25) is 0 Å². The number of hydrogen-bond acceptors (Lipinski definition) is 0. The first-order valence-electron chi connectivity index (χ1n) is 1.10. The maximum Gasteiger partial charge on any atom is 0 e. The van der Waals surface area contributed by atoms with E-state index in [4.69, 9.17) is 6.42 Å². The molecular weight excluding hydrogens is 233 g/mol. The summed E-state index contributed by atoms with van der Waals surface area (Å²) in [6.45, 7) is 3.31. The second kappa shape index (κ2) is 25.2. The van der Waals surface area contributed by atoms with Crippen LogP contribution in [0.1, 0.15) is 6.42 Å². The van der Waals surface area contributed by atoms with Crippen LogP contribution in [-0.4, -0.2) is 0 Å². The molecule has 0 aliphatic heterocycles. The molecule has 0 heterocycles. The molecule has 0 rings (SSSR count). The predicted molar refractivity (Wildman–Crippen MR) is 28.2 cm³/mol. The largest absolute Gasteiger partial charge is 0.696 e. The standard InChI is InChI=1S/C4H4.H3P.Y.Zn/c1-3-4-2;;;/h1,3H2;1H3;;/q-2;;;. The topological polar surface area (TPSA) is 0 Å². The summed E-state index contributed by atoms with van der Waals surface area (Å²) in [5, 5.41) is 0. The molecular formula is C4H7PYZn-2. The normalized spacial score (nSPS) is 2.86. The zero-order chi connectivity index (χ0) is 3.41. The van der Waals surface area contributed by atoms with Gasteiger partial charge in [-0.05, 0) is 0 Å². The van der Waals surface area contributed by atoms with Crippen molar-refractivity contribution in [2.75, 3.05) is 0 Å². The van der Waals surface area contributed by atoms with E-state index in [2.05, 4.69) is 12.8 Å². The summed E-state index contributed by atoms with van der Waals surface area (Å²) in [6, 6.07) is 0. The van der Waals surface area contributed by atoms with Gasteiger partial charge in [-0.25, -0.2) is 0 Å². The Morgan fingerprint density at radius 2 is 1.71 bits per heavy atom. The fourth-order valence-corrected chi connectivity index (χ4v) is 0. The zero-order valence-electron chi connectivity index (χ0n) is 4.41. The van der Waals surface area contributed by atoms with Gasteiger partial charge in [-0.1, -0.05) is 0 Å². The van der Waals surface area contributed by atoms with Crippen molar-refractivity contribution in [1.82, 2.24) is 0 Å². The van der Waals surface area contributed by atoms with Gasteiger partial charge in [-0.3, -0.25) is 0 Å². The quantitative estimate of drug-likeness (QED) is 0.255. The first-order valence-corrected chi connectivity index (χ1v) is 1.10. The third-order valence-corrected chi connectivity index (χ3v) is 0.125. The molecule has 0 aliphatic carbocycles. The Balaban J connectivity index is -0.0000000150. The minimum absolute atomic E-state index is 0. The van der Waals surface area contributed by atoms with Gasteiger partial charge >= 0.3 is 0 Å². The Bertz CT molecular complexity index is 41.4. The molecule has 0 saturated carbocycles. The molecule has 0 N–H and O–H groups in total. The maximum atomic E-state index is 6.14. The van der Waals surface area contributed by atoms with Gasteiger partial charge in [0.15, 0.2) is 0 Å². The summed E-state index contributed by atoms with van der Waals surface area (Å²) >= 11 is 0. The minimum atomic E-state index is 0. The summed E-state index contributed by atoms with van der Waals surface area (Å²) in [5.41, 5.74) is 0. The van der Waals surface area contributed by atoms with Crippen LogP contribution in [0.15, 0.2) is 0 Å². The van der Waals surface area contributed by atoms with Crippen LogP contribution >= 0.6 is 9.90 Å². The molecule has 0 aromatic carbocycles. The van der Waals surface area contributed by atoms with Crippen LogP contribution in [0.4, 0.5) is 0 Å². The van der Waals surface area contributed by atoms with Crippen molar-refractivity contribution in [3.05, 3.63) is 13.3 Å². The molecule has 0 nitrogen and oxygen atoms in total.